The van der Waals surface area contributed by atoms with E-state index in [9.17, 15) is 9.59 Å². The fourth-order valence-electron chi connectivity index (χ4n) is 0.789. The molecule has 0 unspecified atom stereocenters. The number of nitrogens with one attached hydrogen (secondary N) is 1. The van der Waals surface area contributed by atoms with Crippen molar-refractivity contribution in [3.63, 3.8) is 0 Å². The van der Waals surface area contributed by atoms with Crippen LogP contribution in [0.3, 0.4) is 0 Å². The number of aromatic carboxylic acids is 1. The van der Waals surface area contributed by atoms with Crippen LogP contribution in [0.25, 0.3) is 0 Å². The van der Waals surface area contributed by atoms with Crippen molar-refractivity contribution in [2.45, 2.75) is 0 Å². The third-order valence-corrected chi connectivity index (χ3v) is 1.47. The van der Waals surface area contributed by atoms with E-state index in [1.165, 1.54) is 12.1 Å². The molecule has 0 aromatic carbocycles. The third kappa shape index (κ3) is 2.77. The highest BCUT2D eigenvalue weighted by Crippen LogP contribution is 1.96. The van der Waals surface area contributed by atoms with Gasteiger partial charge in [0.05, 0.1) is 6.54 Å². The van der Waals surface area contributed by atoms with Crippen molar-refractivity contribution in [2.24, 2.45) is 0 Å². The van der Waals surface area contributed by atoms with Crippen LogP contribution in [0, 0.1) is 12.3 Å². The first-order valence-corrected chi connectivity index (χ1v) is 3.94. The van der Waals surface area contributed by atoms with E-state index in [4.69, 9.17) is 11.5 Å². The summed E-state index contributed by atoms with van der Waals surface area (Å²) in [6.07, 6.45) is 4.94. The molecule has 6 heteroatoms. The molecule has 2 N–H and O–H groups in total. The molecule has 0 fully saturated rings. The summed E-state index contributed by atoms with van der Waals surface area (Å²) in [6, 6.07) is 2.46. The van der Waals surface area contributed by atoms with Gasteiger partial charge in [0.25, 0.3) is 5.91 Å². The molecule has 0 aliphatic rings. The van der Waals surface area contributed by atoms with Crippen LogP contribution < -0.4 is 5.32 Å². The largest absolute Gasteiger partial charge is 0.476 e. The van der Waals surface area contributed by atoms with Gasteiger partial charge in [-0.2, -0.15) is 0 Å². The molecular formula is C9H7N3O3. The Morgan fingerprint density at radius 1 is 1.40 bits per heavy atom. The standard InChI is InChI=1S/C9H7N3O3/c1-2-5-10-8(13)6-3-4-7(9(14)15)12-11-6/h1,3-4H,5H2,(H,10,13)(H,14,15). The molecule has 0 aliphatic carbocycles. The second kappa shape index (κ2) is 4.72. The Balaban J connectivity index is 2.76. The van der Waals surface area contributed by atoms with Crippen LogP contribution in [0.15, 0.2) is 12.1 Å². The molecule has 0 aliphatic heterocycles. The van der Waals surface area contributed by atoms with Gasteiger partial charge in [-0.1, -0.05) is 5.92 Å². The normalized spacial score (nSPS) is 9.00. The van der Waals surface area contributed by atoms with Gasteiger partial charge < -0.3 is 10.4 Å². The van der Waals surface area contributed by atoms with E-state index in [0.717, 1.165) is 0 Å². The number of amides is 1. The highest BCUT2D eigenvalue weighted by atomic mass is 16.4. The van der Waals surface area contributed by atoms with Crippen molar-refractivity contribution in [3.8, 4) is 12.3 Å². The van der Waals surface area contributed by atoms with Gasteiger partial charge in [-0.15, -0.1) is 16.6 Å². The van der Waals surface area contributed by atoms with Gasteiger partial charge in [-0.05, 0) is 12.1 Å². The van der Waals surface area contributed by atoms with Gasteiger partial charge in [0.2, 0.25) is 0 Å². The quantitative estimate of drug-likeness (QED) is 0.651. The van der Waals surface area contributed by atoms with Crippen molar-refractivity contribution < 1.29 is 14.7 Å². The van der Waals surface area contributed by atoms with Crippen molar-refractivity contribution in [3.05, 3.63) is 23.5 Å². The molecule has 1 aromatic rings. The van der Waals surface area contributed by atoms with Crippen molar-refractivity contribution in [2.75, 3.05) is 6.54 Å². The monoisotopic (exact) mass is 205 g/mol. The highest BCUT2D eigenvalue weighted by Gasteiger charge is 2.09. The number of carbonyl (C=O) groups is 2. The van der Waals surface area contributed by atoms with E-state index in [0.29, 0.717) is 0 Å². The predicted octanol–water partition coefficient (Wildman–Crippen LogP) is -0.462. The molecule has 0 atom stereocenters. The Morgan fingerprint density at radius 3 is 2.47 bits per heavy atom. The highest BCUT2D eigenvalue weighted by molar-refractivity contribution is 5.93. The van der Waals surface area contributed by atoms with E-state index < -0.39 is 11.9 Å². The van der Waals surface area contributed by atoms with Crippen molar-refractivity contribution >= 4 is 11.9 Å². The second-order valence-electron chi connectivity index (χ2n) is 2.50. The average Bonchev–Trinajstić information content (AvgIpc) is 2.26. The van der Waals surface area contributed by atoms with Crippen molar-refractivity contribution in [1.29, 1.82) is 0 Å². The van der Waals surface area contributed by atoms with Crippen molar-refractivity contribution in [1.82, 2.24) is 15.5 Å². The summed E-state index contributed by atoms with van der Waals surface area (Å²) in [7, 11) is 0. The van der Waals surface area contributed by atoms with Gasteiger partial charge in [0.1, 0.15) is 0 Å². The number of aromatic nitrogens is 2. The zero-order valence-corrected chi connectivity index (χ0v) is 7.60. The number of carbonyl (C=O) groups excluding carboxylic acids is 1. The lowest BCUT2D eigenvalue weighted by molar-refractivity contribution is 0.0688. The number of carboxylic acid groups (broad SMARTS) is 1. The minimum Gasteiger partial charge on any atom is -0.476 e. The smallest absolute Gasteiger partial charge is 0.356 e. The molecule has 76 valence electrons. The topological polar surface area (TPSA) is 92.2 Å². The Hall–Kier alpha value is -2.42. The van der Waals surface area contributed by atoms with E-state index in [1.54, 1.807) is 0 Å². The van der Waals surface area contributed by atoms with E-state index >= 15 is 0 Å². The minimum absolute atomic E-state index is 0.0234. The molecule has 0 saturated heterocycles. The maximum absolute atomic E-state index is 11.2. The molecule has 6 nitrogen and oxygen atoms in total. The van der Waals surface area contributed by atoms with Gasteiger partial charge in [-0.25, -0.2) is 4.79 Å². The van der Waals surface area contributed by atoms with Crippen LogP contribution in [0.1, 0.15) is 21.0 Å². The average molecular weight is 205 g/mol. The summed E-state index contributed by atoms with van der Waals surface area (Å²) in [5, 5.41) is 17.7. The van der Waals surface area contributed by atoms with Crippen LogP contribution in [-0.2, 0) is 0 Å². The van der Waals surface area contributed by atoms with Gasteiger partial charge >= 0.3 is 5.97 Å². The second-order valence-corrected chi connectivity index (χ2v) is 2.50. The number of carboxylic acids is 1. The number of nitrogens with zero attached hydrogens (tertiary/aromatic N) is 2. The molecule has 0 saturated carbocycles. The SMILES string of the molecule is C#CCNC(=O)c1ccc(C(=O)O)nn1. The zero-order valence-electron chi connectivity index (χ0n) is 7.60. The number of terminal acetylenes is 1. The zero-order chi connectivity index (χ0) is 11.3. The van der Waals surface area contributed by atoms with Gasteiger partial charge in [-0.3, -0.25) is 4.79 Å². The molecule has 1 aromatic heterocycles. The molecule has 0 spiro atoms. The van der Waals surface area contributed by atoms with Crippen LogP contribution in [-0.4, -0.2) is 33.7 Å². The molecule has 1 heterocycles. The maximum atomic E-state index is 11.2. The molecule has 0 radical (unpaired) electrons. The minimum atomic E-state index is -1.20. The number of hydrogen-bond donors (Lipinski definition) is 2. The Morgan fingerprint density at radius 2 is 2.00 bits per heavy atom. The Kier molecular flexibility index (Phi) is 3.35. The Labute approximate surface area is 85.3 Å². The number of hydrogen-bond acceptors (Lipinski definition) is 4. The molecular weight excluding hydrogens is 198 g/mol. The Bertz CT molecular complexity index is 419. The summed E-state index contributed by atoms with van der Waals surface area (Å²) in [5.74, 6) is 0.539. The van der Waals surface area contributed by atoms with E-state index in [1.807, 2.05) is 0 Å². The summed E-state index contributed by atoms with van der Waals surface area (Å²) in [5.41, 5.74) is -0.196. The molecule has 0 bridgehead atoms. The lowest BCUT2D eigenvalue weighted by Gasteiger charge is -1.99. The van der Waals surface area contributed by atoms with Crippen LogP contribution in [0.4, 0.5) is 0 Å². The maximum Gasteiger partial charge on any atom is 0.356 e. The first-order chi connectivity index (χ1) is 7.15. The first kappa shape index (κ1) is 10.7. The van der Waals surface area contributed by atoms with Crippen LogP contribution in [0.2, 0.25) is 0 Å². The third-order valence-electron chi connectivity index (χ3n) is 1.47. The fraction of sp³-hybridized carbons (Fsp3) is 0.111. The van der Waals surface area contributed by atoms with Crippen LogP contribution in [0.5, 0.6) is 0 Å². The summed E-state index contributed by atoms with van der Waals surface area (Å²) < 4.78 is 0. The molecule has 1 rings (SSSR count). The first-order valence-electron chi connectivity index (χ1n) is 3.94. The van der Waals surface area contributed by atoms with E-state index in [2.05, 4.69) is 21.4 Å². The summed E-state index contributed by atoms with van der Waals surface area (Å²) >= 11 is 0. The lowest BCUT2D eigenvalue weighted by atomic mass is 10.3. The summed E-state index contributed by atoms with van der Waals surface area (Å²) in [4.78, 5) is 21.7. The van der Waals surface area contributed by atoms with E-state index in [-0.39, 0.29) is 17.9 Å². The molecule has 15 heavy (non-hydrogen) atoms. The summed E-state index contributed by atoms with van der Waals surface area (Å²) in [6.45, 7) is 0.0845. The lowest BCUT2D eigenvalue weighted by Crippen LogP contribution is -2.25. The fourth-order valence-corrected chi connectivity index (χ4v) is 0.789. The molecule has 1 amide bonds. The van der Waals surface area contributed by atoms with Crippen LogP contribution >= 0.6 is 0 Å². The van der Waals surface area contributed by atoms with Gasteiger partial charge in [0.15, 0.2) is 11.4 Å². The number of rotatable bonds is 3. The van der Waals surface area contributed by atoms with Gasteiger partial charge in [0, 0.05) is 0 Å². The predicted molar refractivity (Wildman–Crippen MR) is 50.2 cm³/mol.